The number of hydrogen-bond acceptors (Lipinski definition) is 5. The van der Waals surface area contributed by atoms with Gasteiger partial charge in [-0.3, -0.25) is 9.36 Å². The number of carboxylic acids is 1. The van der Waals surface area contributed by atoms with Crippen molar-refractivity contribution in [3.63, 3.8) is 0 Å². The van der Waals surface area contributed by atoms with Crippen molar-refractivity contribution in [2.45, 2.75) is 12.5 Å². The van der Waals surface area contributed by atoms with Crippen LogP contribution >= 0.6 is 30.6 Å². The molecule has 5 N–H and O–H groups in total. The largest absolute Gasteiger partial charge is 0.507 e. The first-order valence-corrected chi connectivity index (χ1v) is 7.17. The summed E-state index contributed by atoms with van der Waals surface area (Å²) in [5.41, 5.74) is 5.77. The van der Waals surface area contributed by atoms with Crippen molar-refractivity contribution in [1.82, 2.24) is 0 Å². The van der Waals surface area contributed by atoms with Crippen molar-refractivity contribution in [3.8, 4) is 5.75 Å². The first kappa shape index (κ1) is 15.4. The van der Waals surface area contributed by atoms with E-state index in [1.54, 1.807) is 0 Å². The molecule has 18 heavy (non-hydrogen) atoms. The van der Waals surface area contributed by atoms with Crippen molar-refractivity contribution in [2.24, 2.45) is 5.73 Å². The molecular weight excluding hydrogens is 376 g/mol. The van der Waals surface area contributed by atoms with Crippen molar-refractivity contribution in [1.29, 1.82) is 0 Å². The molecule has 100 valence electrons. The molecular formula is C9H11INO6P. The number of carbonyl (C=O) groups is 1. The van der Waals surface area contributed by atoms with Gasteiger partial charge in [0.2, 0.25) is 0 Å². The third-order valence-electron chi connectivity index (χ3n) is 2.21. The molecule has 0 aromatic heterocycles. The van der Waals surface area contributed by atoms with Gasteiger partial charge in [0, 0.05) is 0 Å². The Morgan fingerprint density at radius 1 is 1.56 bits per heavy atom. The lowest BCUT2D eigenvalue weighted by Gasteiger charge is -2.12. The molecule has 1 rings (SSSR count). The summed E-state index contributed by atoms with van der Waals surface area (Å²) < 4.78 is 16.0. The average Bonchev–Trinajstić information content (AvgIpc) is 2.31. The molecule has 0 fully saturated rings. The Kier molecular flexibility index (Phi) is 5.11. The van der Waals surface area contributed by atoms with Crippen LogP contribution in [0.2, 0.25) is 0 Å². The van der Waals surface area contributed by atoms with Gasteiger partial charge in [-0.15, -0.1) is 0 Å². The summed E-state index contributed by atoms with van der Waals surface area (Å²) in [4.78, 5) is 20.1. The van der Waals surface area contributed by atoms with Gasteiger partial charge in [-0.1, -0.05) is 6.07 Å². The first-order valence-electron chi connectivity index (χ1n) is 4.72. The van der Waals surface area contributed by atoms with Crippen LogP contribution in [-0.4, -0.2) is 27.1 Å². The Labute approximate surface area is 117 Å². The molecule has 0 amide bonds. The first-order chi connectivity index (χ1) is 8.27. The number of nitrogens with two attached hydrogens (primary N) is 1. The summed E-state index contributed by atoms with van der Waals surface area (Å²) in [6, 6.07) is 2.70. The second-order valence-corrected chi connectivity index (χ2v) is 6.40. The maximum absolute atomic E-state index is 11.6. The minimum Gasteiger partial charge on any atom is -0.507 e. The lowest BCUT2D eigenvalue weighted by Crippen LogP contribution is -2.32. The molecule has 1 aromatic carbocycles. The second-order valence-electron chi connectivity index (χ2n) is 3.56. The van der Waals surface area contributed by atoms with Crippen molar-refractivity contribution in [2.75, 3.05) is 0 Å². The van der Waals surface area contributed by atoms with Crippen LogP contribution in [0.15, 0.2) is 18.2 Å². The zero-order valence-corrected chi connectivity index (χ0v) is 12.0. The van der Waals surface area contributed by atoms with Gasteiger partial charge < -0.3 is 20.8 Å². The second kappa shape index (κ2) is 5.98. The van der Waals surface area contributed by atoms with Gasteiger partial charge in [-0.2, -0.15) is 0 Å². The number of hydrogen-bond donors (Lipinski definition) is 4. The number of aliphatic carboxylic acids is 1. The highest BCUT2D eigenvalue weighted by Crippen LogP contribution is 2.45. The molecule has 2 atom stereocenters. The quantitative estimate of drug-likeness (QED) is 0.428. The van der Waals surface area contributed by atoms with E-state index in [4.69, 9.17) is 10.8 Å². The Balaban J connectivity index is 3.09. The zero-order chi connectivity index (χ0) is 13.9. The molecule has 7 nitrogen and oxygen atoms in total. The van der Waals surface area contributed by atoms with E-state index in [2.05, 4.69) is 2.85 Å². The fraction of sp³-hybridized carbons (Fsp3) is 0.222. The highest BCUT2D eigenvalue weighted by Gasteiger charge is 2.26. The highest BCUT2D eigenvalue weighted by molar-refractivity contribution is 14.1. The van der Waals surface area contributed by atoms with Gasteiger partial charge in [-0.05, 0) is 24.1 Å². The Bertz CT molecular complexity index is 508. The smallest absolute Gasteiger partial charge is 0.371 e. The van der Waals surface area contributed by atoms with Gasteiger partial charge >= 0.3 is 13.6 Å². The molecule has 0 saturated heterocycles. The van der Waals surface area contributed by atoms with Gasteiger partial charge in [0.05, 0.1) is 0 Å². The van der Waals surface area contributed by atoms with Crippen LogP contribution in [0, 0.1) is 0 Å². The number of rotatable bonds is 5. The van der Waals surface area contributed by atoms with Gasteiger partial charge in [0.15, 0.2) is 0 Å². The molecule has 0 bridgehead atoms. The average molecular weight is 387 g/mol. The highest BCUT2D eigenvalue weighted by atomic mass is 127. The zero-order valence-electron chi connectivity index (χ0n) is 8.99. The fourth-order valence-corrected chi connectivity index (χ4v) is 2.70. The predicted molar refractivity (Wildman–Crippen MR) is 72.0 cm³/mol. The number of phenolic OH excluding ortho intramolecular Hbond substituents is 1. The molecule has 0 aliphatic rings. The van der Waals surface area contributed by atoms with E-state index in [0.29, 0.717) is 5.56 Å². The lowest BCUT2D eigenvalue weighted by molar-refractivity contribution is -0.138. The van der Waals surface area contributed by atoms with Crippen LogP contribution in [0.1, 0.15) is 5.56 Å². The Morgan fingerprint density at radius 3 is 2.67 bits per heavy atom. The molecule has 9 heteroatoms. The molecule has 0 heterocycles. The van der Waals surface area contributed by atoms with Gasteiger partial charge in [-0.25, -0.2) is 2.85 Å². The summed E-state index contributed by atoms with van der Waals surface area (Å²) in [6.45, 7) is 0. The molecule has 0 saturated carbocycles. The summed E-state index contributed by atoms with van der Waals surface area (Å²) in [6.07, 6.45) is -0.0239. The van der Waals surface area contributed by atoms with Crippen LogP contribution in [-0.2, 0) is 18.6 Å². The van der Waals surface area contributed by atoms with Crippen LogP contribution in [0.25, 0.3) is 0 Å². The van der Waals surface area contributed by atoms with E-state index in [9.17, 15) is 19.4 Å². The van der Waals surface area contributed by atoms with Crippen molar-refractivity contribution >= 4 is 41.9 Å². The maximum atomic E-state index is 11.6. The fourth-order valence-electron chi connectivity index (χ4n) is 1.30. The van der Waals surface area contributed by atoms with E-state index in [1.807, 2.05) is 0 Å². The molecule has 0 radical (unpaired) electrons. The number of halogens is 1. The maximum Gasteiger partial charge on any atom is 0.371 e. The standard InChI is InChI=1S/C9H11INO6P/c10-17-18(15,16)8-4-5(1-2-7(8)12)3-6(11)9(13)14/h1-2,4,6,12H,3,11H2,(H,13,14)(H,15,16)/t6-/m0/s1. The van der Waals surface area contributed by atoms with Gasteiger partial charge in [0.25, 0.3) is 0 Å². The minimum atomic E-state index is -4.11. The van der Waals surface area contributed by atoms with Crippen LogP contribution in [0.5, 0.6) is 5.75 Å². The summed E-state index contributed by atoms with van der Waals surface area (Å²) >= 11 is 1.26. The van der Waals surface area contributed by atoms with E-state index in [1.165, 1.54) is 41.2 Å². The van der Waals surface area contributed by atoms with Gasteiger partial charge in [0.1, 0.15) is 40.1 Å². The topological polar surface area (TPSA) is 130 Å². The summed E-state index contributed by atoms with van der Waals surface area (Å²) in [7, 11) is -4.11. The normalized spacial score (nSPS) is 15.9. The molecule has 1 unspecified atom stereocenters. The number of phenols is 1. The van der Waals surface area contributed by atoms with E-state index in [0.717, 1.165) is 0 Å². The molecule has 0 spiro atoms. The minimum absolute atomic E-state index is 0.0239. The van der Waals surface area contributed by atoms with Crippen LogP contribution in [0.3, 0.4) is 0 Å². The third kappa shape index (κ3) is 3.66. The monoisotopic (exact) mass is 387 g/mol. The number of carboxylic acid groups (broad SMARTS) is 1. The predicted octanol–water partition coefficient (Wildman–Crippen LogP) is 0.524. The van der Waals surface area contributed by atoms with Crippen molar-refractivity contribution in [3.05, 3.63) is 23.8 Å². The molecule has 0 aliphatic carbocycles. The number of aromatic hydroxyl groups is 1. The Hall–Kier alpha value is -0.670. The summed E-state index contributed by atoms with van der Waals surface area (Å²) in [5, 5.41) is 17.9. The third-order valence-corrected chi connectivity index (χ3v) is 4.97. The Morgan fingerprint density at radius 2 is 2.17 bits per heavy atom. The number of benzene rings is 1. The van der Waals surface area contributed by atoms with E-state index >= 15 is 0 Å². The van der Waals surface area contributed by atoms with Crippen LogP contribution in [0.4, 0.5) is 0 Å². The van der Waals surface area contributed by atoms with Crippen LogP contribution < -0.4 is 11.0 Å². The van der Waals surface area contributed by atoms with E-state index < -0.39 is 25.4 Å². The molecule has 0 aliphatic heterocycles. The molecule has 1 aromatic rings. The SMILES string of the molecule is N[C@@H](Cc1ccc(O)c(P(=O)(O)OI)c1)C(=O)O. The lowest BCUT2D eigenvalue weighted by atomic mass is 10.1. The van der Waals surface area contributed by atoms with Crippen molar-refractivity contribution < 1.29 is 27.3 Å². The van der Waals surface area contributed by atoms with E-state index in [-0.39, 0.29) is 11.7 Å². The summed E-state index contributed by atoms with van der Waals surface area (Å²) in [5.74, 6) is -1.58.